The first kappa shape index (κ1) is 15.7. The van der Waals surface area contributed by atoms with Crippen LogP contribution in [0.15, 0.2) is 42.5 Å². The fourth-order valence-corrected chi connectivity index (χ4v) is 2.50. The van der Waals surface area contributed by atoms with Crippen LogP contribution < -0.4 is 14.8 Å². The molecule has 0 spiro atoms. The van der Waals surface area contributed by atoms with Gasteiger partial charge in [0.1, 0.15) is 11.5 Å². The van der Waals surface area contributed by atoms with Gasteiger partial charge in [-0.15, -0.1) is 0 Å². The predicted octanol–water partition coefficient (Wildman–Crippen LogP) is 4.06. The Hall–Kier alpha value is -1.71. The Morgan fingerprint density at radius 2 is 1.76 bits per heavy atom. The molecule has 0 amide bonds. The Bertz CT molecular complexity index is 584. The summed E-state index contributed by atoms with van der Waals surface area (Å²) < 4.78 is 10.8. The van der Waals surface area contributed by atoms with Gasteiger partial charge in [-0.2, -0.15) is 0 Å². The molecule has 112 valence electrons. The molecule has 0 aromatic heterocycles. The second kappa shape index (κ2) is 7.34. The number of hydrogen-bond donors (Lipinski definition) is 1. The smallest absolute Gasteiger partial charge is 0.137 e. The molecule has 0 aliphatic heterocycles. The number of hydrogen-bond acceptors (Lipinski definition) is 3. The van der Waals surface area contributed by atoms with Crippen molar-refractivity contribution in [2.24, 2.45) is 0 Å². The average Bonchev–Trinajstić information content (AvgIpc) is 2.51. The second-order valence-corrected chi connectivity index (χ2v) is 5.02. The summed E-state index contributed by atoms with van der Waals surface area (Å²) >= 11 is 6.08. The van der Waals surface area contributed by atoms with Crippen LogP contribution in [0, 0.1) is 0 Å². The van der Waals surface area contributed by atoms with Crippen molar-refractivity contribution in [3.8, 4) is 11.5 Å². The monoisotopic (exact) mass is 305 g/mol. The molecular weight excluding hydrogens is 286 g/mol. The maximum atomic E-state index is 6.08. The van der Waals surface area contributed by atoms with E-state index in [1.807, 2.05) is 44.3 Å². The minimum absolute atomic E-state index is 0.0758. The van der Waals surface area contributed by atoms with Crippen LogP contribution >= 0.6 is 11.6 Å². The van der Waals surface area contributed by atoms with E-state index in [1.165, 1.54) is 0 Å². The molecule has 2 aromatic rings. The molecule has 0 aliphatic rings. The van der Waals surface area contributed by atoms with E-state index in [4.69, 9.17) is 21.1 Å². The Morgan fingerprint density at radius 1 is 1.10 bits per heavy atom. The van der Waals surface area contributed by atoms with Crippen molar-refractivity contribution in [3.05, 3.63) is 58.6 Å². The van der Waals surface area contributed by atoms with Gasteiger partial charge in [0.05, 0.1) is 24.8 Å². The summed E-state index contributed by atoms with van der Waals surface area (Å²) in [4.78, 5) is 0. The quantitative estimate of drug-likeness (QED) is 0.873. The minimum Gasteiger partial charge on any atom is -0.495 e. The van der Waals surface area contributed by atoms with Crippen LogP contribution in [0.1, 0.15) is 24.1 Å². The van der Waals surface area contributed by atoms with Crippen LogP contribution in [0.3, 0.4) is 0 Å². The van der Waals surface area contributed by atoms with E-state index in [1.54, 1.807) is 7.11 Å². The lowest BCUT2D eigenvalue weighted by Gasteiger charge is -2.19. The van der Waals surface area contributed by atoms with Crippen molar-refractivity contribution in [1.29, 1.82) is 0 Å². The molecule has 1 atom stereocenters. The van der Waals surface area contributed by atoms with Crippen molar-refractivity contribution in [2.75, 3.05) is 20.8 Å². The van der Waals surface area contributed by atoms with Crippen molar-refractivity contribution >= 4 is 11.6 Å². The summed E-state index contributed by atoms with van der Waals surface area (Å²) in [6.45, 7) is 2.65. The molecule has 0 saturated carbocycles. The highest BCUT2D eigenvalue weighted by atomic mass is 35.5. The summed E-state index contributed by atoms with van der Waals surface area (Å²) in [5.41, 5.74) is 2.26. The highest BCUT2D eigenvalue weighted by Crippen LogP contribution is 2.30. The predicted molar refractivity (Wildman–Crippen MR) is 86.5 cm³/mol. The maximum Gasteiger partial charge on any atom is 0.137 e. The van der Waals surface area contributed by atoms with Gasteiger partial charge in [-0.1, -0.05) is 29.8 Å². The van der Waals surface area contributed by atoms with Crippen LogP contribution in [-0.4, -0.2) is 20.8 Å². The van der Waals surface area contributed by atoms with E-state index in [9.17, 15) is 0 Å². The van der Waals surface area contributed by atoms with Crippen LogP contribution in [-0.2, 0) is 0 Å². The van der Waals surface area contributed by atoms with Gasteiger partial charge < -0.3 is 14.8 Å². The van der Waals surface area contributed by atoms with Gasteiger partial charge in [0, 0.05) is 0 Å². The van der Waals surface area contributed by atoms with Gasteiger partial charge in [0.15, 0.2) is 0 Å². The first-order chi connectivity index (χ1) is 10.2. The van der Waals surface area contributed by atoms with Gasteiger partial charge in [0.25, 0.3) is 0 Å². The summed E-state index contributed by atoms with van der Waals surface area (Å²) in [6.07, 6.45) is 0. The fourth-order valence-electron chi connectivity index (χ4n) is 2.30. The molecule has 1 N–H and O–H groups in total. The number of methoxy groups -OCH3 is 1. The SMILES string of the molecule is CCOc1ccc(C(NC)c2ccc(Cl)c(OC)c2)cc1. The fraction of sp³-hybridized carbons (Fsp3) is 0.294. The van der Waals surface area contributed by atoms with Gasteiger partial charge in [-0.3, -0.25) is 0 Å². The molecule has 0 fully saturated rings. The van der Waals surface area contributed by atoms with E-state index in [0.717, 1.165) is 16.9 Å². The molecule has 4 heteroatoms. The molecular formula is C17H20ClNO2. The Labute approximate surface area is 130 Å². The van der Waals surface area contributed by atoms with Crippen LogP contribution in [0.25, 0.3) is 0 Å². The molecule has 21 heavy (non-hydrogen) atoms. The Balaban J connectivity index is 2.30. The number of nitrogens with one attached hydrogen (secondary N) is 1. The largest absolute Gasteiger partial charge is 0.495 e. The van der Waals surface area contributed by atoms with Crippen LogP contribution in [0.2, 0.25) is 5.02 Å². The number of benzene rings is 2. The summed E-state index contributed by atoms with van der Waals surface area (Å²) in [5, 5.41) is 3.93. The minimum atomic E-state index is 0.0758. The van der Waals surface area contributed by atoms with Gasteiger partial charge >= 0.3 is 0 Å². The zero-order valence-corrected chi connectivity index (χ0v) is 13.3. The summed E-state index contributed by atoms with van der Waals surface area (Å²) in [7, 11) is 3.55. The zero-order valence-electron chi connectivity index (χ0n) is 12.5. The Kier molecular flexibility index (Phi) is 5.48. The molecule has 0 radical (unpaired) electrons. The third-order valence-corrected chi connectivity index (χ3v) is 3.63. The van der Waals surface area contributed by atoms with E-state index in [0.29, 0.717) is 17.4 Å². The molecule has 0 heterocycles. The molecule has 3 nitrogen and oxygen atoms in total. The summed E-state index contributed by atoms with van der Waals surface area (Å²) in [6, 6.07) is 14.0. The first-order valence-corrected chi connectivity index (χ1v) is 7.30. The molecule has 2 rings (SSSR count). The topological polar surface area (TPSA) is 30.5 Å². The molecule has 0 bridgehead atoms. The van der Waals surface area contributed by atoms with Crippen molar-refractivity contribution in [3.63, 3.8) is 0 Å². The molecule has 0 saturated heterocycles. The van der Waals surface area contributed by atoms with Gasteiger partial charge in [0.2, 0.25) is 0 Å². The first-order valence-electron chi connectivity index (χ1n) is 6.93. The van der Waals surface area contributed by atoms with E-state index in [-0.39, 0.29) is 6.04 Å². The normalized spacial score (nSPS) is 12.0. The van der Waals surface area contributed by atoms with Crippen molar-refractivity contribution < 1.29 is 9.47 Å². The Morgan fingerprint density at radius 3 is 2.33 bits per heavy atom. The third-order valence-electron chi connectivity index (χ3n) is 3.32. The zero-order chi connectivity index (χ0) is 15.2. The second-order valence-electron chi connectivity index (χ2n) is 4.62. The summed E-state index contributed by atoms with van der Waals surface area (Å²) in [5.74, 6) is 1.56. The van der Waals surface area contributed by atoms with Crippen LogP contribution in [0.4, 0.5) is 0 Å². The van der Waals surface area contributed by atoms with E-state index >= 15 is 0 Å². The van der Waals surface area contributed by atoms with Gasteiger partial charge in [-0.25, -0.2) is 0 Å². The van der Waals surface area contributed by atoms with E-state index in [2.05, 4.69) is 17.4 Å². The number of halogens is 1. The standard InChI is InChI=1S/C17H20ClNO2/c1-4-21-14-8-5-12(6-9-14)17(19-2)13-7-10-15(18)16(11-13)20-3/h5-11,17,19H,4H2,1-3H3. The van der Waals surface area contributed by atoms with Gasteiger partial charge in [-0.05, 0) is 49.4 Å². The lowest BCUT2D eigenvalue weighted by atomic mass is 9.98. The lowest BCUT2D eigenvalue weighted by molar-refractivity contribution is 0.340. The maximum absolute atomic E-state index is 6.08. The highest BCUT2D eigenvalue weighted by molar-refractivity contribution is 6.32. The van der Waals surface area contributed by atoms with Crippen LogP contribution in [0.5, 0.6) is 11.5 Å². The third kappa shape index (κ3) is 3.69. The number of rotatable bonds is 6. The van der Waals surface area contributed by atoms with Crippen molar-refractivity contribution in [2.45, 2.75) is 13.0 Å². The highest BCUT2D eigenvalue weighted by Gasteiger charge is 2.14. The number of ether oxygens (including phenoxy) is 2. The van der Waals surface area contributed by atoms with E-state index < -0.39 is 0 Å². The lowest BCUT2D eigenvalue weighted by Crippen LogP contribution is -2.17. The molecule has 1 unspecified atom stereocenters. The molecule has 2 aromatic carbocycles. The molecule has 0 aliphatic carbocycles. The average molecular weight is 306 g/mol. The van der Waals surface area contributed by atoms with Crippen molar-refractivity contribution in [1.82, 2.24) is 5.32 Å².